The van der Waals surface area contributed by atoms with Crippen LogP contribution in [0, 0.1) is 0 Å². The quantitative estimate of drug-likeness (QED) is 0.551. The molecule has 0 saturated heterocycles. The average molecular weight is 335 g/mol. The largest absolute Gasteiger partial charge is 0.478 e. The van der Waals surface area contributed by atoms with E-state index in [1.165, 1.54) is 30.7 Å². The number of amides is 1. The number of furan rings is 1. The maximum absolute atomic E-state index is 11.8. The molecule has 3 aromatic rings. The highest BCUT2D eigenvalue weighted by Gasteiger charge is 2.07. The van der Waals surface area contributed by atoms with E-state index in [-0.39, 0.29) is 11.5 Å². The van der Waals surface area contributed by atoms with Crippen LogP contribution in [0.4, 0.5) is 0 Å². The molecule has 0 aliphatic heterocycles. The fourth-order valence-corrected chi connectivity index (χ4v) is 2.08. The zero-order valence-corrected chi connectivity index (χ0v) is 12.9. The normalized spacial score (nSPS) is 10.7. The summed E-state index contributed by atoms with van der Waals surface area (Å²) in [5, 5.41) is 12.7. The summed E-state index contributed by atoms with van der Waals surface area (Å²) in [4.78, 5) is 26.5. The molecule has 3 rings (SSSR count). The number of hydrazone groups is 1. The summed E-state index contributed by atoms with van der Waals surface area (Å²) in [6.07, 6.45) is 4.42. The first-order valence-corrected chi connectivity index (χ1v) is 7.30. The predicted molar refractivity (Wildman–Crippen MR) is 90.4 cm³/mol. The molecule has 7 nitrogen and oxygen atoms in total. The molecule has 0 spiro atoms. The van der Waals surface area contributed by atoms with Gasteiger partial charge >= 0.3 is 5.97 Å². The summed E-state index contributed by atoms with van der Waals surface area (Å²) in [6, 6.07) is 12.9. The number of carbonyl (C=O) groups excluding carboxylic acids is 1. The van der Waals surface area contributed by atoms with Gasteiger partial charge in [-0.3, -0.25) is 9.78 Å². The van der Waals surface area contributed by atoms with Crippen LogP contribution in [-0.2, 0) is 0 Å². The number of pyridine rings is 1. The third-order valence-electron chi connectivity index (χ3n) is 3.34. The molecule has 2 N–H and O–H groups in total. The molecule has 0 saturated carbocycles. The van der Waals surface area contributed by atoms with E-state index in [0.29, 0.717) is 17.1 Å². The maximum Gasteiger partial charge on any atom is 0.335 e. The number of rotatable bonds is 5. The van der Waals surface area contributed by atoms with Gasteiger partial charge in [-0.1, -0.05) is 12.1 Å². The molecule has 0 atom stereocenters. The maximum atomic E-state index is 11.8. The minimum Gasteiger partial charge on any atom is -0.478 e. The molecule has 2 aromatic heterocycles. The van der Waals surface area contributed by atoms with Crippen LogP contribution in [0.25, 0.3) is 11.3 Å². The van der Waals surface area contributed by atoms with Crippen molar-refractivity contribution in [3.05, 3.63) is 77.8 Å². The van der Waals surface area contributed by atoms with E-state index in [1.54, 1.807) is 36.4 Å². The van der Waals surface area contributed by atoms with Crippen molar-refractivity contribution in [1.82, 2.24) is 10.4 Å². The van der Waals surface area contributed by atoms with Crippen molar-refractivity contribution in [3.8, 4) is 11.3 Å². The highest BCUT2D eigenvalue weighted by molar-refractivity contribution is 5.94. The highest BCUT2D eigenvalue weighted by Crippen LogP contribution is 2.22. The lowest BCUT2D eigenvalue weighted by molar-refractivity contribution is 0.0696. The number of hydrogen-bond donors (Lipinski definition) is 2. The summed E-state index contributed by atoms with van der Waals surface area (Å²) in [5.41, 5.74) is 3.79. The van der Waals surface area contributed by atoms with Crippen molar-refractivity contribution >= 4 is 18.1 Å². The number of carboxylic acid groups (broad SMARTS) is 1. The predicted octanol–water partition coefficient (Wildman–Crippen LogP) is 2.80. The molecule has 1 aromatic carbocycles. The first-order valence-electron chi connectivity index (χ1n) is 7.30. The van der Waals surface area contributed by atoms with E-state index in [2.05, 4.69) is 15.5 Å². The number of aromatic nitrogens is 1. The Bertz CT molecular complexity index is 915. The smallest absolute Gasteiger partial charge is 0.335 e. The number of hydrogen-bond acceptors (Lipinski definition) is 5. The van der Waals surface area contributed by atoms with Crippen LogP contribution in [0.3, 0.4) is 0 Å². The van der Waals surface area contributed by atoms with Crippen LogP contribution in [0.15, 0.2) is 70.4 Å². The second-order valence-corrected chi connectivity index (χ2v) is 5.02. The van der Waals surface area contributed by atoms with Gasteiger partial charge in [-0.2, -0.15) is 5.10 Å². The first kappa shape index (κ1) is 16.1. The summed E-state index contributed by atoms with van der Waals surface area (Å²) in [7, 11) is 0. The number of nitrogens with one attached hydrogen (secondary N) is 1. The summed E-state index contributed by atoms with van der Waals surface area (Å²) >= 11 is 0. The van der Waals surface area contributed by atoms with Crippen molar-refractivity contribution in [2.75, 3.05) is 0 Å². The lowest BCUT2D eigenvalue weighted by Gasteiger charge is -1.98. The van der Waals surface area contributed by atoms with Gasteiger partial charge in [0.05, 0.1) is 11.8 Å². The Balaban J connectivity index is 1.65. The second-order valence-electron chi connectivity index (χ2n) is 5.02. The van der Waals surface area contributed by atoms with Crippen LogP contribution in [-0.4, -0.2) is 28.2 Å². The Hall–Kier alpha value is -3.74. The molecule has 1 amide bonds. The van der Waals surface area contributed by atoms with Crippen LogP contribution >= 0.6 is 0 Å². The Morgan fingerprint density at radius 3 is 2.40 bits per heavy atom. The van der Waals surface area contributed by atoms with E-state index in [1.807, 2.05) is 0 Å². The minimum atomic E-state index is -0.983. The standard InChI is InChI=1S/C18H13N3O4/c22-17(13-7-9-19-10-8-13)21-20-11-15-5-6-16(25-15)12-1-3-14(4-2-12)18(23)24/h1-11H,(H,21,22)(H,23,24). The molecule has 0 unspecified atom stereocenters. The van der Waals surface area contributed by atoms with E-state index < -0.39 is 5.97 Å². The molecule has 7 heteroatoms. The first-order chi connectivity index (χ1) is 12.1. The molecular weight excluding hydrogens is 322 g/mol. The van der Waals surface area contributed by atoms with E-state index >= 15 is 0 Å². The van der Waals surface area contributed by atoms with Crippen molar-refractivity contribution in [3.63, 3.8) is 0 Å². The number of aromatic carboxylic acids is 1. The monoisotopic (exact) mass is 335 g/mol. The number of benzene rings is 1. The van der Waals surface area contributed by atoms with E-state index in [4.69, 9.17) is 9.52 Å². The van der Waals surface area contributed by atoms with Gasteiger partial charge in [0.1, 0.15) is 11.5 Å². The lowest BCUT2D eigenvalue weighted by Crippen LogP contribution is -2.17. The van der Waals surface area contributed by atoms with Gasteiger partial charge in [0.25, 0.3) is 5.91 Å². The molecular formula is C18H13N3O4. The number of carboxylic acids is 1. The van der Waals surface area contributed by atoms with Crippen molar-refractivity contribution in [2.24, 2.45) is 5.10 Å². The van der Waals surface area contributed by atoms with Gasteiger partial charge in [0.15, 0.2) is 0 Å². The topological polar surface area (TPSA) is 105 Å². The molecule has 0 radical (unpaired) electrons. The van der Waals surface area contributed by atoms with Gasteiger partial charge in [0.2, 0.25) is 0 Å². The van der Waals surface area contributed by atoms with Crippen LogP contribution in [0.5, 0.6) is 0 Å². The third-order valence-corrected chi connectivity index (χ3v) is 3.34. The van der Waals surface area contributed by atoms with Gasteiger partial charge in [-0.15, -0.1) is 0 Å². The minimum absolute atomic E-state index is 0.205. The molecule has 0 aliphatic carbocycles. The van der Waals surface area contributed by atoms with Gasteiger partial charge in [-0.05, 0) is 36.4 Å². The van der Waals surface area contributed by atoms with E-state index in [9.17, 15) is 9.59 Å². The number of carbonyl (C=O) groups is 2. The van der Waals surface area contributed by atoms with Gasteiger partial charge in [0, 0.05) is 23.5 Å². The van der Waals surface area contributed by atoms with Gasteiger partial charge in [-0.25, -0.2) is 10.2 Å². The summed E-state index contributed by atoms with van der Waals surface area (Å²) in [5.74, 6) is -0.315. The Morgan fingerprint density at radius 2 is 1.72 bits per heavy atom. The zero-order chi connectivity index (χ0) is 17.6. The fraction of sp³-hybridized carbons (Fsp3) is 0. The fourth-order valence-electron chi connectivity index (χ4n) is 2.08. The summed E-state index contributed by atoms with van der Waals surface area (Å²) < 4.78 is 5.60. The van der Waals surface area contributed by atoms with Crippen molar-refractivity contribution in [1.29, 1.82) is 0 Å². The molecule has 0 fully saturated rings. The lowest BCUT2D eigenvalue weighted by atomic mass is 10.1. The average Bonchev–Trinajstić information content (AvgIpc) is 3.11. The van der Waals surface area contributed by atoms with Crippen molar-refractivity contribution < 1.29 is 19.1 Å². The third kappa shape index (κ3) is 3.97. The molecule has 0 bridgehead atoms. The molecule has 2 heterocycles. The van der Waals surface area contributed by atoms with Crippen LogP contribution in [0.1, 0.15) is 26.5 Å². The Labute approximate surface area is 142 Å². The Kier molecular flexibility index (Phi) is 4.66. The van der Waals surface area contributed by atoms with Crippen LogP contribution in [0.2, 0.25) is 0 Å². The Morgan fingerprint density at radius 1 is 1.00 bits per heavy atom. The van der Waals surface area contributed by atoms with Crippen LogP contribution < -0.4 is 5.43 Å². The molecule has 0 aliphatic rings. The van der Waals surface area contributed by atoms with E-state index in [0.717, 1.165) is 5.56 Å². The second kappa shape index (κ2) is 7.22. The molecule has 124 valence electrons. The van der Waals surface area contributed by atoms with Crippen molar-refractivity contribution in [2.45, 2.75) is 0 Å². The molecule has 25 heavy (non-hydrogen) atoms. The van der Waals surface area contributed by atoms with Gasteiger partial charge < -0.3 is 9.52 Å². The zero-order valence-electron chi connectivity index (χ0n) is 12.9. The SMILES string of the molecule is O=C(O)c1ccc(-c2ccc(C=NNC(=O)c3ccncc3)o2)cc1. The summed E-state index contributed by atoms with van der Waals surface area (Å²) in [6.45, 7) is 0. The number of nitrogens with zero attached hydrogens (tertiary/aromatic N) is 2. The highest BCUT2D eigenvalue weighted by atomic mass is 16.4.